The van der Waals surface area contributed by atoms with E-state index >= 15 is 0 Å². The van der Waals surface area contributed by atoms with E-state index < -0.39 is 24.5 Å². The smallest absolute Gasteiger partial charge is 0.309 e. The van der Waals surface area contributed by atoms with E-state index in [0.717, 1.165) is 12.8 Å². The highest BCUT2D eigenvalue weighted by Crippen LogP contribution is 2.24. The first-order chi connectivity index (χ1) is 14.8. The van der Waals surface area contributed by atoms with Gasteiger partial charge in [0.25, 0.3) is 11.1 Å². The molecule has 1 aliphatic heterocycles. The van der Waals surface area contributed by atoms with Crippen LogP contribution in [-0.4, -0.2) is 67.6 Å². The number of hydrogen-bond acceptors (Lipinski definition) is 6. The van der Waals surface area contributed by atoms with Gasteiger partial charge in [0.15, 0.2) is 13.3 Å². The molecular formula is C21H34ClF2NO6. The molecule has 2 rings (SSSR count). The quantitative estimate of drug-likeness (QED) is 0.436. The fraction of sp³-hybridized carbons (Fsp3) is 0.810. The van der Waals surface area contributed by atoms with Crippen LogP contribution in [0.25, 0.3) is 0 Å². The average Bonchev–Trinajstić information content (AvgIpc) is 2.80. The number of halogens is 3. The molecule has 1 saturated heterocycles. The van der Waals surface area contributed by atoms with E-state index in [0.29, 0.717) is 39.1 Å². The largest absolute Gasteiger partial charge is 0.466 e. The van der Waals surface area contributed by atoms with Gasteiger partial charge in [0.05, 0.1) is 25.0 Å². The summed E-state index contributed by atoms with van der Waals surface area (Å²) in [6, 6.07) is 0. The molecule has 1 saturated carbocycles. The van der Waals surface area contributed by atoms with Gasteiger partial charge in [-0.3, -0.25) is 19.2 Å². The highest BCUT2D eigenvalue weighted by Gasteiger charge is 2.27. The van der Waals surface area contributed by atoms with Crippen molar-refractivity contribution in [3.63, 3.8) is 0 Å². The van der Waals surface area contributed by atoms with Crippen molar-refractivity contribution in [1.29, 1.82) is 0 Å². The minimum atomic E-state index is -1.07. The van der Waals surface area contributed by atoms with Crippen molar-refractivity contribution in [2.45, 2.75) is 58.8 Å². The maximum absolute atomic E-state index is 12.1. The Bertz CT molecular complexity index is 550. The van der Waals surface area contributed by atoms with Gasteiger partial charge in [-0.2, -0.15) is 0 Å². The molecule has 0 N–H and O–H groups in total. The van der Waals surface area contributed by atoms with E-state index in [2.05, 4.69) is 11.6 Å². The summed E-state index contributed by atoms with van der Waals surface area (Å²) >= 11 is 4.45. The summed E-state index contributed by atoms with van der Waals surface area (Å²) in [5, 5.41) is -0.940. The maximum atomic E-state index is 12.1. The van der Waals surface area contributed by atoms with Crippen LogP contribution >= 0.6 is 11.6 Å². The SMILES string of the molecule is CCOC(=O)C1CCCCC1.CCOC(=O)C1CCN(C(=O)CF)CC1.O=C(Cl)CF. The predicted octanol–water partition coefficient (Wildman–Crippen LogP) is 3.61. The van der Waals surface area contributed by atoms with Crippen LogP contribution in [0.4, 0.5) is 8.78 Å². The van der Waals surface area contributed by atoms with Crippen LogP contribution in [0.5, 0.6) is 0 Å². The van der Waals surface area contributed by atoms with Gasteiger partial charge in [-0.05, 0) is 51.1 Å². The molecule has 0 spiro atoms. The third kappa shape index (κ3) is 13.3. The molecule has 0 unspecified atom stereocenters. The third-order valence-corrected chi connectivity index (χ3v) is 5.01. The Hall–Kier alpha value is -1.77. The number of piperidine rings is 1. The highest BCUT2D eigenvalue weighted by molar-refractivity contribution is 6.63. The van der Waals surface area contributed by atoms with Gasteiger partial charge in [0, 0.05) is 13.1 Å². The van der Waals surface area contributed by atoms with E-state index in [1.807, 2.05) is 6.92 Å². The fourth-order valence-electron chi connectivity index (χ4n) is 3.31. The molecule has 0 bridgehead atoms. The number of amides is 1. The number of carbonyl (C=O) groups excluding carboxylic acids is 4. The van der Waals surface area contributed by atoms with Crippen LogP contribution in [0.1, 0.15) is 58.8 Å². The Balaban J connectivity index is 0.000000492. The molecule has 1 heterocycles. The molecule has 1 aliphatic carbocycles. The lowest BCUT2D eigenvalue weighted by Gasteiger charge is -2.30. The van der Waals surface area contributed by atoms with Crippen LogP contribution in [0.15, 0.2) is 0 Å². The third-order valence-electron chi connectivity index (χ3n) is 4.91. The number of carbonyl (C=O) groups is 4. The van der Waals surface area contributed by atoms with Gasteiger partial charge in [0.2, 0.25) is 0 Å². The minimum absolute atomic E-state index is 0.0206. The summed E-state index contributed by atoms with van der Waals surface area (Å²) in [6.45, 7) is 3.41. The van der Waals surface area contributed by atoms with Crippen molar-refractivity contribution < 1.29 is 37.4 Å². The average molecular weight is 470 g/mol. The standard InChI is InChI=1S/C10H16FNO3.C9H16O2.C2H2ClFO/c1-2-15-10(14)8-3-5-12(6-4-8)9(13)7-11;1-2-11-9(10)8-6-4-3-5-7-8;3-2(5)1-4/h8H,2-7H2,1H3;8H,2-7H2,1H3;1H2. The second kappa shape index (κ2) is 17.9. The molecule has 7 nitrogen and oxygen atoms in total. The summed E-state index contributed by atoms with van der Waals surface area (Å²) in [5.74, 6) is -0.591. The number of alkyl halides is 2. The first-order valence-electron chi connectivity index (χ1n) is 10.7. The minimum Gasteiger partial charge on any atom is -0.466 e. The molecule has 0 aromatic heterocycles. The Labute approximate surface area is 187 Å². The molecule has 0 atom stereocenters. The zero-order chi connectivity index (χ0) is 23.6. The molecule has 0 aromatic rings. The van der Waals surface area contributed by atoms with Crippen LogP contribution in [0, 0.1) is 11.8 Å². The number of hydrogen-bond donors (Lipinski definition) is 0. The maximum Gasteiger partial charge on any atom is 0.309 e. The molecule has 0 radical (unpaired) electrons. The zero-order valence-corrected chi connectivity index (χ0v) is 19.1. The number of likely N-dealkylation sites (tertiary alicyclic amines) is 1. The molecule has 2 aliphatic rings. The summed E-state index contributed by atoms with van der Waals surface area (Å²) in [6.07, 6.45) is 6.91. The first-order valence-corrected chi connectivity index (χ1v) is 11.1. The normalized spacial score (nSPS) is 16.7. The van der Waals surface area contributed by atoms with Crippen LogP contribution in [0.2, 0.25) is 0 Å². The monoisotopic (exact) mass is 469 g/mol. The van der Waals surface area contributed by atoms with Gasteiger partial charge in [-0.15, -0.1) is 0 Å². The highest BCUT2D eigenvalue weighted by atomic mass is 35.5. The van der Waals surface area contributed by atoms with Crippen molar-refractivity contribution in [1.82, 2.24) is 4.90 Å². The van der Waals surface area contributed by atoms with Crippen LogP contribution in [-0.2, 0) is 28.7 Å². The summed E-state index contributed by atoms with van der Waals surface area (Å²) in [5.41, 5.74) is 0. The van der Waals surface area contributed by atoms with E-state index in [9.17, 15) is 28.0 Å². The Morgan fingerprint density at radius 3 is 1.58 bits per heavy atom. The number of esters is 2. The van der Waals surface area contributed by atoms with E-state index in [1.54, 1.807) is 6.92 Å². The van der Waals surface area contributed by atoms with Gasteiger partial charge in [-0.25, -0.2) is 8.78 Å². The molecule has 0 aromatic carbocycles. The van der Waals surface area contributed by atoms with Crippen molar-refractivity contribution in [3.8, 4) is 0 Å². The Kier molecular flexibility index (Phi) is 16.8. The van der Waals surface area contributed by atoms with Crippen LogP contribution < -0.4 is 0 Å². The van der Waals surface area contributed by atoms with Gasteiger partial charge in [-0.1, -0.05) is 19.3 Å². The molecular weight excluding hydrogens is 436 g/mol. The summed E-state index contributed by atoms with van der Waals surface area (Å²) < 4.78 is 32.5. The molecule has 180 valence electrons. The Morgan fingerprint density at radius 1 is 0.806 bits per heavy atom. The second-order valence-electron chi connectivity index (χ2n) is 7.12. The number of rotatable bonds is 6. The summed E-state index contributed by atoms with van der Waals surface area (Å²) in [7, 11) is 0. The fourth-order valence-corrected chi connectivity index (χ4v) is 3.31. The van der Waals surface area contributed by atoms with Gasteiger partial charge < -0.3 is 14.4 Å². The Morgan fingerprint density at radius 2 is 1.23 bits per heavy atom. The number of ether oxygens (including phenoxy) is 2. The van der Waals surface area contributed by atoms with Crippen molar-refractivity contribution >= 4 is 34.7 Å². The van der Waals surface area contributed by atoms with Crippen molar-refractivity contribution in [3.05, 3.63) is 0 Å². The number of nitrogens with zero attached hydrogens (tertiary/aromatic N) is 1. The predicted molar refractivity (Wildman–Crippen MR) is 112 cm³/mol. The molecule has 10 heteroatoms. The van der Waals surface area contributed by atoms with E-state index in [-0.39, 0.29) is 23.8 Å². The van der Waals surface area contributed by atoms with Crippen molar-refractivity contribution in [2.24, 2.45) is 11.8 Å². The van der Waals surface area contributed by atoms with E-state index in [1.165, 1.54) is 24.2 Å². The second-order valence-corrected chi connectivity index (χ2v) is 7.54. The lowest BCUT2D eigenvalue weighted by molar-refractivity contribution is -0.151. The van der Waals surface area contributed by atoms with Gasteiger partial charge >= 0.3 is 11.9 Å². The first kappa shape index (κ1) is 29.2. The lowest BCUT2D eigenvalue weighted by Crippen LogP contribution is -2.41. The molecule has 1 amide bonds. The molecule has 31 heavy (non-hydrogen) atoms. The summed E-state index contributed by atoms with van der Waals surface area (Å²) in [4.78, 5) is 44.2. The zero-order valence-electron chi connectivity index (χ0n) is 18.4. The van der Waals surface area contributed by atoms with Crippen molar-refractivity contribution in [2.75, 3.05) is 39.7 Å². The van der Waals surface area contributed by atoms with Gasteiger partial charge in [0.1, 0.15) is 0 Å². The molecule has 2 fully saturated rings. The van der Waals surface area contributed by atoms with E-state index in [4.69, 9.17) is 9.47 Å². The van der Waals surface area contributed by atoms with Crippen LogP contribution in [0.3, 0.4) is 0 Å². The lowest BCUT2D eigenvalue weighted by atomic mass is 9.89. The topological polar surface area (TPSA) is 90.0 Å².